The van der Waals surface area contributed by atoms with Gasteiger partial charge in [0.1, 0.15) is 16.5 Å². The molecule has 0 atom stereocenters. The summed E-state index contributed by atoms with van der Waals surface area (Å²) in [5, 5.41) is 5.94. The summed E-state index contributed by atoms with van der Waals surface area (Å²) in [7, 11) is -3.93. The van der Waals surface area contributed by atoms with Crippen molar-refractivity contribution in [1.82, 2.24) is 10.2 Å². The SMILES string of the molecule is O=S(=O)(Nc1ccn[nH]1)c1cc(F)ccc1Cl. The van der Waals surface area contributed by atoms with Crippen molar-refractivity contribution < 1.29 is 12.8 Å². The zero-order valence-corrected chi connectivity index (χ0v) is 9.89. The van der Waals surface area contributed by atoms with E-state index in [2.05, 4.69) is 14.9 Å². The van der Waals surface area contributed by atoms with Gasteiger partial charge in [-0.1, -0.05) is 11.6 Å². The third-order valence-electron chi connectivity index (χ3n) is 1.93. The van der Waals surface area contributed by atoms with E-state index in [-0.39, 0.29) is 15.7 Å². The highest BCUT2D eigenvalue weighted by Gasteiger charge is 2.19. The van der Waals surface area contributed by atoms with E-state index in [1.165, 1.54) is 18.3 Å². The number of anilines is 1. The van der Waals surface area contributed by atoms with Crippen LogP contribution in [0.15, 0.2) is 35.4 Å². The molecule has 0 spiro atoms. The van der Waals surface area contributed by atoms with Crippen LogP contribution < -0.4 is 4.72 Å². The van der Waals surface area contributed by atoms with Crippen LogP contribution in [0.25, 0.3) is 0 Å². The summed E-state index contributed by atoms with van der Waals surface area (Å²) in [5.74, 6) is -0.510. The fourth-order valence-corrected chi connectivity index (χ4v) is 2.72. The summed E-state index contributed by atoms with van der Waals surface area (Å²) in [4.78, 5) is -0.325. The Morgan fingerprint density at radius 1 is 1.35 bits per heavy atom. The molecule has 1 aromatic heterocycles. The van der Waals surface area contributed by atoms with Crippen LogP contribution in [-0.2, 0) is 10.0 Å². The van der Waals surface area contributed by atoms with Crippen LogP contribution in [-0.4, -0.2) is 18.6 Å². The number of nitrogens with one attached hydrogen (secondary N) is 2. The third kappa shape index (κ3) is 2.56. The van der Waals surface area contributed by atoms with Crippen molar-refractivity contribution in [2.45, 2.75) is 4.90 Å². The van der Waals surface area contributed by atoms with E-state index in [4.69, 9.17) is 11.6 Å². The fraction of sp³-hybridized carbons (Fsp3) is 0. The van der Waals surface area contributed by atoms with Crippen LogP contribution in [0.2, 0.25) is 5.02 Å². The lowest BCUT2D eigenvalue weighted by Gasteiger charge is -2.07. The number of halogens is 2. The molecule has 1 aromatic carbocycles. The van der Waals surface area contributed by atoms with E-state index < -0.39 is 15.8 Å². The number of aromatic nitrogens is 2. The van der Waals surface area contributed by atoms with Gasteiger partial charge in [-0.05, 0) is 18.2 Å². The highest BCUT2D eigenvalue weighted by atomic mass is 35.5. The Bertz CT molecular complexity index is 628. The first-order valence-corrected chi connectivity index (χ1v) is 6.32. The molecule has 0 saturated heterocycles. The number of sulfonamides is 1. The van der Waals surface area contributed by atoms with Crippen molar-refractivity contribution in [2.24, 2.45) is 0 Å². The summed E-state index contributed by atoms with van der Waals surface area (Å²) >= 11 is 5.71. The summed E-state index contributed by atoms with van der Waals surface area (Å²) in [5.41, 5.74) is 0. The van der Waals surface area contributed by atoms with E-state index in [1.54, 1.807) is 0 Å². The van der Waals surface area contributed by atoms with E-state index >= 15 is 0 Å². The van der Waals surface area contributed by atoms with Crippen LogP contribution in [0.5, 0.6) is 0 Å². The lowest BCUT2D eigenvalue weighted by atomic mass is 10.3. The first kappa shape index (κ1) is 11.9. The van der Waals surface area contributed by atoms with Gasteiger partial charge in [0, 0.05) is 6.07 Å². The molecule has 5 nitrogen and oxygen atoms in total. The Morgan fingerprint density at radius 2 is 2.12 bits per heavy atom. The second-order valence-electron chi connectivity index (χ2n) is 3.15. The Labute approximate surface area is 102 Å². The average molecular weight is 276 g/mol. The lowest BCUT2D eigenvalue weighted by molar-refractivity contribution is 0.595. The van der Waals surface area contributed by atoms with Gasteiger partial charge in [-0.3, -0.25) is 9.82 Å². The Hall–Kier alpha value is -1.60. The molecule has 0 bridgehead atoms. The summed E-state index contributed by atoms with van der Waals surface area (Å²) in [6, 6.07) is 4.53. The predicted octanol–water partition coefficient (Wildman–Crippen LogP) is 2.00. The van der Waals surface area contributed by atoms with Gasteiger partial charge in [0.25, 0.3) is 10.0 Å². The van der Waals surface area contributed by atoms with E-state index in [1.807, 2.05) is 0 Å². The van der Waals surface area contributed by atoms with E-state index in [9.17, 15) is 12.8 Å². The van der Waals surface area contributed by atoms with Crippen molar-refractivity contribution in [3.05, 3.63) is 41.3 Å². The number of rotatable bonds is 3. The van der Waals surface area contributed by atoms with Crippen LogP contribution in [0, 0.1) is 5.82 Å². The van der Waals surface area contributed by atoms with E-state index in [0.29, 0.717) is 0 Å². The van der Waals surface area contributed by atoms with Gasteiger partial charge in [-0.25, -0.2) is 12.8 Å². The maximum absolute atomic E-state index is 13.0. The molecule has 8 heteroatoms. The summed E-state index contributed by atoms with van der Waals surface area (Å²) in [6.07, 6.45) is 1.38. The highest BCUT2D eigenvalue weighted by molar-refractivity contribution is 7.92. The Morgan fingerprint density at radius 3 is 2.76 bits per heavy atom. The van der Waals surface area contributed by atoms with Crippen molar-refractivity contribution in [3.8, 4) is 0 Å². The highest BCUT2D eigenvalue weighted by Crippen LogP contribution is 2.23. The number of hydrogen-bond acceptors (Lipinski definition) is 3. The molecule has 0 fully saturated rings. The minimum Gasteiger partial charge on any atom is -0.264 e. The molecular weight excluding hydrogens is 269 g/mol. The molecule has 0 aliphatic carbocycles. The Balaban J connectivity index is 2.41. The molecule has 2 N–H and O–H groups in total. The molecule has 0 aliphatic rings. The average Bonchev–Trinajstić information content (AvgIpc) is 2.73. The molecule has 0 unspecified atom stereocenters. The minimum atomic E-state index is -3.93. The molecule has 2 aromatic rings. The maximum Gasteiger partial charge on any atom is 0.264 e. The van der Waals surface area contributed by atoms with E-state index in [0.717, 1.165) is 12.1 Å². The number of hydrogen-bond donors (Lipinski definition) is 2. The molecule has 0 radical (unpaired) electrons. The molecular formula is C9H7ClFN3O2S. The van der Waals surface area contributed by atoms with Gasteiger partial charge in [-0.15, -0.1) is 0 Å². The zero-order valence-electron chi connectivity index (χ0n) is 8.31. The van der Waals surface area contributed by atoms with Gasteiger partial charge in [0.15, 0.2) is 0 Å². The largest absolute Gasteiger partial charge is 0.264 e. The van der Waals surface area contributed by atoms with Crippen LogP contribution in [0.3, 0.4) is 0 Å². The monoisotopic (exact) mass is 275 g/mol. The second-order valence-corrected chi connectivity index (χ2v) is 5.21. The topological polar surface area (TPSA) is 74.8 Å². The summed E-state index contributed by atoms with van der Waals surface area (Å²) in [6.45, 7) is 0. The van der Waals surface area contributed by atoms with Gasteiger partial charge >= 0.3 is 0 Å². The number of nitrogens with zero attached hydrogens (tertiary/aromatic N) is 1. The first-order valence-electron chi connectivity index (χ1n) is 4.46. The van der Waals surface area contributed by atoms with Crippen LogP contribution >= 0.6 is 11.6 Å². The smallest absolute Gasteiger partial charge is 0.264 e. The van der Waals surface area contributed by atoms with Crippen molar-refractivity contribution in [2.75, 3.05) is 4.72 Å². The summed E-state index contributed by atoms with van der Waals surface area (Å²) < 4.78 is 38.9. The second kappa shape index (κ2) is 4.34. The number of benzene rings is 1. The molecule has 1 heterocycles. The molecule has 2 rings (SSSR count). The quantitative estimate of drug-likeness (QED) is 0.900. The molecule has 17 heavy (non-hydrogen) atoms. The van der Waals surface area contributed by atoms with Crippen molar-refractivity contribution in [3.63, 3.8) is 0 Å². The Kier molecular flexibility index (Phi) is 3.03. The maximum atomic E-state index is 13.0. The zero-order chi connectivity index (χ0) is 12.5. The number of H-pyrrole nitrogens is 1. The third-order valence-corrected chi connectivity index (χ3v) is 3.77. The minimum absolute atomic E-state index is 0.0570. The first-order chi connectivity index (χ1) is 7.99. The van der Waals surface area contributed by atoms with Gasteiger partial charge in [-0.2, -0.15) is 5.10 Å². The van der Waals surface area contributed by atoms with Crippen molar-refractivity contribution in [1.29, 1.82) is 0 Å². The van der Waals surface area contributed by atoms with Crippen LogP contribution in [0.4, 0.5) is 10.2 Å². The molecule has 0 aliphatic heterocycles. The lowest BCUT2D eigenvalue weighted by Crippen LogP contribution is -2.14. The van der Waals surface area contributed by atoms with Gasteiger partial charge in [0.2, 0.25) is 0 Å². The van der Waals surface area contributed by atoms with Crippen LogP contribution in [0.1, 0.15) is 0 Å². The molecule has 0 amide bonds. The molecule has 0 saturated carbocycles. The van der Waals surface area contributed by atoms with Gasteiger partial charge < -0.3 is 0 Å². The normalized spacial score (nSPS) is 11.4. The van der Waals surface area contributed by atoms with Gasteiger partial charge in [0.05, 0.1) is 11.2 Å². The van der Waals surface area contributed by atoms with Crippen molar-refractivity contribution >= 4 is 27.4 Å². The predicted molar refractivity (Wildman–Crippen MR) is 60.8 cm³/mol. The standard InChI is InChI=1S/C9H7ClFN3O2S/c10-7-2-1-6(11)5-8(7)17(15,16)14-9-3-4-12-13-9/h1-5H,(H2,12,13,14). The number of aromatic amines is 1. The fourth-order valence-electron chi connectivity index (χ4n) is 1.20. The molecule has 90 valence electrons.